The molecule has 4 nitrogen and oxygen atoms in total. The minimum Gasteiger partial charge on any atom is -0.391 e. The summed E-state index contributed by atoms with van der Waals surface area (Å²) in [5, 5.41) is 9.84. The molecule has 0 saturated carbocycles. The predicted octanol–water partition coefficient (Wildman–Crippen LogP) is 3.86. The van der Waals surface area contributed by atoms with E-state index in [4.69, 9.17) is 6.57 Å². The molecular weight excluding hydrogens is 321 g/mol. The van der Waals surface area contributed by atoms with Crippen LogP contribution in [-0.4, -0.2) is 15.8 Å². The number of halogens is 3. The van der Waals surface area contributed by atoms with Gasteiger partial charge in [-0.3, -0.25) is 4.79 Å². The van der Waals surface area contributed by atoms with Gasteiger partial charge in [0.25, 0.3) is 11.2 Å². The monoisotopic (exact) mass is 336 g/mol. The molecule has 126 valence electrons. The van der Waals surface area contributed by atoms with Gasteiger partial charge in [0.2, 0.25) is 0 Å². The molecule has 0 aliphatic carbocycles. The lowest BCUT2D eigenvalue weighted by Crippen LogP contribution is -2.29. The summed E-state index contributed by atoms with van der Waals surface area (Å²) < 4.78 is 40.7. The molecule has 1 N–H and O–H groups in total. The second-order valence-electron chi connectivity index (χ2n) is 5.25. The highest BCUT2D eigenvalue weighted by Gasteiger charge is 2.36. The Labute approximate surface area is 136 Å². The second kappa shape index (κ2) is 6.89. The van der Waals surface area contributed by atoms with Gasteiger partial charge in [0.15, 0.2) is 0 Å². The third-order valence-electron chi connectivity index (χ3n) is 3.63. The first-order chi connectivity index (χ1) is 11.3. The summed E-state index contributed by atoms with van der Waals surface area (Å²) in [5.74, 6) is 0. The fourth-order valence-electron chi connectivity index (χ4n) is 2.33. The van der Waals surface area contributed by atoms with Gasteiger partial charge in [0.1, 0.15) is 0 Å². The molecule has 2 rings (SSSR count). The smallest absolute Gasteiger partial charge is 0.391 e. The van der Waals surface area contributed by atoms with Crippen molar-refractivity contribution in [3.8, 4) is 11.3 Å². The summed E-state index contributed by atoms with van der Waals surface area (Å²) in [4.78, 5) is 15.2. The number of aliphatic hydroxyl groups is 1. The second-order valence-corrected chi connectivity index (χ2v) is 5.25. The highest BCUT2D eigenvalue weighted by Crippen LogP contribution is 2.37. The molecule has 0 aliphatic rings. The fourth-order valence-corrected chi connectivity index (χ4v) is 2.33. The van der Waals surface area contributed by atoms with E-state index in [1.54, 1.807) is 37.3 Å². The topological polar surface area (TPSA) is 46.6 Å². The van der Waals surface area contributed by atoms with E-state index in [1.807, 2.05) is 0 Å². The maximum atomic E-state index is 13.2. The van der Waals surface area contributed by atoms with Crippen LogP contribution in [-0.2, 0) is 12.7 Å². The van der Waals surface area contributed by atoms with Crippen LogP contribution in [0.15, 0.2) is 41.2 Å². The van der Waals surface area contributed by atoms with E-state index in [0.717, 1.165) is 10.6 Å². The first-order valence-corrected chi connectivity index (χ1v) is 7.25. The number of alkyl halides is 3. The summed E-state index contributed by atoms with van der Waals surface area (Å²) in [6.45, 7) is 8.47. The minimum atomic E-state index is -4.81. The van der Waals surface area contributed by atoms with Gasteiger partial charge in [-0.1, -0.05) is 37.3 Å². The predicted molar refractivity (Wildman–Crippen MR) is 83.7 cm³/mol. The quantitative estimate of drug-likeness (QED) is 0.862. The van der Waals surface area contributed by atoms with Crippen molar-refractivity contribution in [2.45, 2.75) is 32.2 Å². The Hall–Kier alpha value is -2.59. The van der Waals surface area contributed by atoms with Crippen LogP contribution >= 0.6 is 0 Å². The molecule has 0 saturated heterocycles. The number of benzene rings is 1. The molecule has 1 unspecified atom stereocenters. The summed E-state index contributed by atoms with van der Waals surface area (Å²) in [6.07, 6.45) is -5.39. The first-order valence-electron chi connectivity index (χ1n) is 7.25. The Kier molecular flexibility index (Phi) is 5.10. The average Bonchev–Trinajstić information content (AvgIpc) is 2.55. The van der Waals surface area contributed by atoms with Crippen molar-refractivity contribution >= 4 is 5.69 Å². The van der Waals surface area contributed by atoms with Gasteiger partial charge in [0, 0.05) is 5.69 Å². The summed E-state index contributed by atoms with van der Waals surface area (Å²) in [7, 11) is 0. The lowest BCUT2D eigenvalue weighted by atomic mass is 10.1. The standard InChI is InChI=1S/C17H15F3N2O2/c1-3-12(23)10-22-14(11-7-5-4-6-8-11)9-13(17(18,19)20)15(21-2)16(22)24/h4-9,12,23H,3,10H2,1H3. The van der Waals surface area contributed by atoms with E-state index in [1.165, 1.54) is 0 Å². The molecular formula is C17H15F3N2O2. The van der Waals surface area contributed by atoms with Crippen molar-refractivity contribution < 1.29 is 18.3 Å². The van der Waals surface area contributed by atoms with Crippen molar-refractivity contribution in [3.05, 3.63) is 63.7 Å². The molecule has 0 radical (unpaired) electrons. The molecule has 0 aliphatic heterocycles. The van der Waals surface area contributed by atoms with Crippen LogP contribution in [0.4, 0.5) is 18.9 Å². The lowest BCUT2D eigenvalue weighted by Gasteiger charge is -2.19. The van der Waals surface area contributed by atoms with Gasteiger partial charge in [-0.15, -0.1) is 0 Å². The SMILES string of the molecule is [C-]#[N+]c1c(C(F)(F)F)cc(-c2ccccc2)n(CC(O)CC)c1=O. The molecule has 0 amide bonds. The Morgan fingerprint density at radius 2 is 1.92 bits per heavy atom. The third-order valence-corrected chi connectivity index (χ3v) is 3.63. The van der Waals surface area contributed by atoms with E-state index < -0.39 is 29.1 Å². The Bertz CT molecular complexity index is 821. The Morgan fingerprint density at radius 3 is 2.42 bits per heavy atom. The number of aromatic nitrogens is 1. The highest BCUT2D eigenvalue weighted by atomic mass is 19.4. The molecule has 2 aromatic rings. The van der Waals surface area contributed by atoms with Gasteiger partial charge in [-0.25, -0.2) is 4.85 Å². The van der Waals surface area contributed by atoms with Crippen molar-refractivity contribution in [3.63, 3.8) is 0 Å². The molecule has 1 atom stereocenters. The van der Waals surface area contributed by atoms with Crippen LogP contribution < -0.4 is 5.56 Å². The van der Waals surface area contributed by atoms with Gasteiger partial charge < -0.3 is 9.67 Å². The van der Waals surface area contributed by atoms with Crippen LogP contribution in [0.25, 0.3) is 16.1 Å². The van der Waals surface area contributed by atoms with E-state index in [-0.39, 0.29) is 12.2 Å². The van der Waals surface area contributed by atoms with Crippen LogP contribution in [0.3, 0.4) is 0 Å². The van der Waals surface area contributed by atoms with E-state index in [9.17, 15) is 23.1 Å². The van der Waals surface area contributed by atoms with Gasteiger partial charge >= 0.3 is 6.18 Å². The first kappa shape index (κ1) is 17.8. The maximum Gasteiger partial charge on any atom is 0.407 e. The maximum absolute atomic E-state index is 13.2. The van der Waals surface area contributed by atoms with Crippen LogP contribution in [0.5, 0.6) is 0 Å². The Balaban J connectivity index is 2.82. The summed E-state index contributed by atoms with van der Waals surface area (Å²) in [6, 6.07) is 8.91. The molecule has 7 heteroatoms. The van der Waals surface area contributed by atoms with Gasteiger partial charge in [0.05, 0.1) is 24.8 Å². The molecule has 0 fully saturated rings. The van der Waals surface area contributed by atoms with E-state index in [0.29, 0.717) is 12.0 Å². The van der Waals surface area contributed by atoms with Crippen molar-refractivity contribution in [1.82, 2.24) is 4.57 Å². The third kappa shape index (κ3) is 3.49. The molecule has 0 spiro atoms. The number of hydrogen-bond acceptors (Lipinski definition) is 2. The molecule has 1 aromatic carbocycles. The van der Waals surface area contributed by atoms with E-state index in [2.05, 4.69) is 4.85 Å². The lowest BCUT2D eigenvalue weighted by molar-refractivity contribution is -0.136. The van der Waals surface area contributed by atoms with Gasteiger partial charge in [-0.05, 0) is 18.1 Å². The zero-order chi connectivity index (χ0) is 17.9. The van der Waals surface area contributed by atoms with Crippen molar-refractivity contribution in [2.75, 3.05) is 0 Å². The Morgan fingerprint density at radius 1 is 1.29 bits per heavy atom. The zero-order valence-corrected chi connectivity index (χ0v) is 12.8. The number of pyridine rings is 1. The van der Waals surface area contributed by atoms with Crippen LogP contribution in [0.1, 0.15) is 18.9 Å². The van der Waals surface area contributed by atoms with Crippen molar-refractivity contribution in [1.29, 1.82) is 0 Å². The van der Waals surface area contributed by atoms with Gasteiger partial charge in [-0.2, -0.15) is 13.2 Å². The van der Waals surface area contributed by atoms with Crippen LogP contribution in [0.2, 0.25) is 0 Å². The molecule has 0 bridgehead atoms. The number of rotatable bonds is 4. The highest BCUT2D eigenvalue weighted by molar-refractivity contribution is 5.65. The number of aliphatic hydroxyl groups excluding tert-OH is 1. The molecule has 1 aromatic heterocycles. The number of hydrogen-bond donors (Lipinski definition) is 1. The fraction of sp³-hybridized carbons (Fsp3) is 0.294. The molecule has 1 heterocycles. The van der Waals surface area contributed by atoms with Crippen LogP contribution in [0, 0.1) is 6.57 Å². The average molecular weight is 336 g/mol. The van der Waals surface area contributed by atoms with Crippen molar-refractivity contribution in [2.24, 2.45) is 0 Å². The normalized spacial score (nSPS) is 12.7. The minimum absolute atomic E-state index is 0.0211. The molecule has 24 heavy (non-hydrogen) atoms. The number of nitrogens with zero attached hydrogens (tertiary/aromatic N) is 2. The largest absolute Gasteiger partial charge is 0.407 e. The summed E-state index contributed by atoms with van der Waals surface area (Å²) in [5.41, 5.74) is -2.87. The summed E-state index contributed by atoms with van der Waals surface area (Å²) >= 11 is 0. The zero-order valence-electron chi connectivity index (χ0n) is 12.8. The van der Waals surface area contributed by atoms with E-state index >= 15 is 0 Å².